The summed E-state index contributed by atoms with van der Waals surface area (Å²) in [5.74, 6) is 1.82. The summed E-state index contributed by atoms with van der Waals surface area (Å²) in [5.41, 5.74) is 1.36. The van der Waals surface area contributed by atoms with Crippen LogP contribution >= 0.6 is 15.9 Å². The molecule has 1 amide bonds. The zero-order valence-corrected chi connectivity index (χ0v) is 16.9. The van der Waals surface area contributed by atoms with E-state index in [1.54, 1.807) is 12.1 Å². The molecule has 142 valence electrons. The molecule has 7 heteroatoms. The highest BCUT2D eigenvalue weighted by molar-refractivity contribution is 9.10. The van der Waals surface area contributed by atoms with Crippen LogP contribution in [0.3, 0.4) is 0 Å². The van der Waals surface area contributed by atoms with Crippen molar-refractivity contribution in [2.45, 2.75) is 18.4 Å². The summed E-state index contributed by atoms with van der Waals surface area (Å²) < 4.78 is 6.33. The molecule has 2 atom stereocenters. The lowest BCUT2D eigenvalue weighted by molar-refractivity contribution is 0.0657. The smallest absolute Gasteiger partial charge is 0.289 e. The fourth-order valence-electron chi connectivity index (χ4n) is 3.57. The Hall–Kier alpha value is -2.28. The molecule has 1 aliphatic carbocycles. The summed E-state index contributed by atoms with van der Waals surface area (Å²) >= 11 is 3.49. The number of furan rings is 1. The maximum absolute atomic E-state index is 12.4. The van der Waals surface area contributed by atoms with Crippen molar-refractivity contribution in [3.05, 3.63) is 58.5 Å². The Morgan fingerprint density at radius 1 is 1.15 bits per heavy atom. The summed E-state index contributed by atoms with van der Waals surface area (Å²) in [6, 6.07) is 12.4. The second kappa shape index (κ2) is 7.76. The highest BCUT2D eigenvalue weighted by atomic mass is 79.9. The number of carbonyl (C=O) groups excluding carboxylic acids is 1. The monoisotopic (exact) mass is 430 g/mol. The van der Waals surface area contributed by atoms with E-state index >= 15 is 0 Å². The van der Waals surface area contributed by atoms with Gasteiger partial charge in [-0.3, -0.25) is 9.79 Å². The first-order valence-corrected chi connectivity index (χ1v) is 10.0. The Morgan fingerprint density at radius 3 is 2.48 bits per heavy atom. The van der Waals surface area contributed by atoms with Gasteiger partial charge in [-0.15, -0.1) is 0 Å². The molecule has 2 heterocycles. The Balaban J connectivity index is 1.30. The summed E-state index contributed by atoms with van der Waals surface area (Å²) in [5, 5.41) is 3.59. The molecule has 0 radical (unpaired) electrons. The third-order valence-corrected chi connectivity index (χ3v) is 5.74. The van der Waals surface area contributed by atoms with Crippen molar-refractivity contribution in [2.75, 3.05) is 33.2 Å². The van der Waals surface area contributed by atoms with Crippen LogP contribution in [0.2, 0.25) is 0 Å². The molecule has 2 aromatic rings. The molecule has 6 nitrogen and oxygen atoms in total. The van der Waals surface area contributed by atoms with Gasteiger partial charge in [0.05, 0.1) is 6.26 Å². The lowest BCUT2D eigenvalue weighted by Gasteiger charge is -2.36. The van der Waals surface area contributed by atoms with Gasteiger partial charge < -0.3 is 19.5 Å². The molecule has 1 aromatic heterocycles. The van der Waals surface area contributed by atoms with E-state index in [2.05, 4.69) is 55.4 Å². The van der Waals surface area contributed by atoms with Crippen molar-refractivity contribution in [2.24, 2.45) is 4.99 Å². The third kappa shape index (κ3) is 4.03. The first kappa shape index (κ1) is 18.1. The fraction of sp³-hybridized carbons (Fsp3) is 0.400. The van der Waals surface area contributed by atoms with Crippen molar-refractivity contribution in [3.8, 4) is 0 Å². The van der Waals surface area contributed by atoms with E-state index in [4.69, 9.17) is 4.42 Å². The second-order valence-electron chi connectivity index (χ2n) is 6.95. The number of nitrogens with zero attached hydrogens (tertiary/aromatic N) is 3. The zero-order valence-electron chi connectivity index (χ0n) is 15.3. The Kier molecular flexibility index (Phi) is 5.20. The molecule has 2 fully saturated rings. The van der Waals surface area contributed by atoms with E-state index in [1.807, 2.05) is 11.9 Å². The first-order chi connectivity index (χ1) is 13.2. The van der Waals surface area contributed by atoms with Gasteiger partial charge in [0, 0.05) is 49.7 Å². The quantitative estimate of drug-likeness (QED) is 0.600. The Morgan fingerprint density at radius 2 is 1.85 bits per heavy atom. The number of nitrogens with one attached hydrogen (secondary N) is 1. The van der Waals surface area contributed by atoms with Crippen LogP contribution in [0, 0.1) is 0 Å². The van der Waals surface area contributed by atoms with Crippen molar-refractivity contribution in [1.82, 2.24) is 15.1 Å². The van der Waals surface area contributed by atoms with Crippen LogP contribution in [-0.2, 0) is 0 Å². The van der Waals surface area contributed by atoms with E-state index in [1.165, 1.54) is 11.8 Å². The van der Waals surface area contributed by atoms with Gasteiger partial charge in [0.2, 0.25) is 0 Å². The van der Waals surface area contributed by atoms with Crippen LogP contribution in [-0.4, -0.2) is 60.9 Å². The molecule has 2 unspecified atom stereocenters. The lowest BCUT2D eigenvalue weighted by atomic mass is 10.1. The number of benzene rings is 1. The van der Waals surface area contributed by atoms with Crippen molar-refractivity contribution >= 4 is 27.8 Å². The van der Waals surface area contributed by atoms with Gasteiger partial charge in [-0.05, 0) is 36.2 Å². The number of rotatable bonds is 3. The third-order valence-electron chi connectivity index (χ3n) is 5.21. The van der Waals surface area contributed by atoms with Gasteiger partial charge >= 0.3 is 0 Å². The number of guanidine groups is 1. The lowest BCUT2D eigenvalue weighted by Crippen LogP contribution is -2.54. The minimum atomic E-state index is -0.0416. The standard InChI is InChI=1S/C20H23BrN4O2/c1-22-20(23-17-13-16(17)14-4-6-15(21)7-5-14)25-10-8-24(9-11-25)19(26)18-3-2-12-27-18/h2-7,12,16-17H,8-11,13H2,1H3,(H,22,23). The Labute approximate surface area is 167 Å². The van der Waals surface area contributed by atoms with Gasteiger partial charge in [0.15, 0.2) is 11.7 Å². The second-order valence-corrected chi connectivity index (χ2v) is 7.86. The molecular weight excluding hydrogens is 408 g/mol. The number of hydrogen-bond donors (Lipinski definition) is 1. The van der Waals surface area contributed by atoms with E-state index in [0.717, 1.165) is 29.9 Å². The molecule has 1 saturated carbocycles. The van der Waals surface area contributed by atoms with Gasteiger partial charge in [-0.25, -0.2) is 0 Å². The summed E-state index contributed by atoms with van der Waals surface area (Å²) in [4.78, 5) is 20.9. The Bertz CT molecular complexity index is 811. The van der Waals surface area contributed by atoms with Gasteiger partial charge in [0.25, 0.3) is 5.91 Å². The normalized spacial score (nSPS) is 22.7. The molecule has 1 aromatic carbocycles. The van der Waals surface area contributed by atoms with Crippen LogP contribution in [0.4, 0.5) is 0 Å². The predicted octanol–water partition coefficient (Wildman–Crippen LogP) is 2.93. The largest absolute Gasteiger partial charge is 0.459 e. The number of piperazine rings is 1. The molecule has 0 bridgehead atoms. The van der Waals surface area contributed by atoms with E-state index < -0.39 is 0 Å². The number of amides is 1. The molecule has 1 N–H and O–H groups in total. The molecule has 1 aliphatic heterocycles. The highest BCUT2D eigenvalue weighted by Crippen LogP contribution is 2.41. The molecule has 27 heavy (non-hydrogen) atoms. The maximum Gasteiger partial charge on any atom is 0.289 e. The molecule has 0 spiro atoms. The van der Waals surface area contributed by atoms with Crippen molar-refractivity contribution in [3.63, 3.8) is 0 Å². The minimum Gasteiger partial charge on any atom is -0.459 e. The van der Waals surface area contributed by atoms with Crippen LogP contribution in [0.25, 0.3) is 0 Å². The van der Waals surface area contributed by atoms with E-state index in [9.17, 15) is 4.79 Å². The van der Waals surface area contributed by atoms with Crippen molar-refractivity contribution in [1.29, 1.82) is 0 Å². The van der Waals surface area contributed by atoms with Crippen LogP contribution in [0.15, 0.2) is 56.5 Å². The van der Waals surface area contributed by atoms with Gasteiger partial charge in [0.1, 0.15) is 0 Å². The highest BCUT2D eigenvalue weighted by Gasteiger charge is 2.40. The van der Waals surface area contributed by atoms with Crippen LogP contribution in [0.5, 0.6) is 0 Å². The minimum absolute atomic E-state index is 0.0416. The summed E-state index contributed by atoms with van der Waals surface area (Å²) in [7, 11) is 1.82. The molecule has 4 rings (SSSR count). The zero-order chi connectivity index (χ0) is 18.8. The number of aliphatic imine (C=N–C) groups is 1. The first-order valence-electron chi connectivity index (χ1n) is 9.22. The maximum atomic E-state index is 12.4. The summed E-state index contributed by atoms with van der Waals surface area (Å²) in [6.45, 7) is 2.87. The number of carbonyl (C=O) groups is 1. The van der Waals surface area contributed by atoms with E-state index in [-0.39, 0.29) is 5.91 Å². The fourth-order valence-corrected chi connectivity index (χ4v) is 3.84. The molecule has 1 saturated heterocycles. The number of hydrogen-bond acceptors (Lipinski definition) is 3. The average molecular weight is 431 g/mol. The SMILES string of the molecule is CN=C(NC1CC1c1ccc(Br)cc1)N1CCN(C(=O)c2ccco2)CC1. The molecular formula is C20H23BrN4O2. The average Bonchev–Trinajstić information content (AvgIpc) is 3.24. The van der Waals surface area contributed by atoms with Crippen LogP contribution in [0.1, 0.15) is 28.5 Å². The predicted molar refractivity (Wildman–Crippen MR) is 108 cm³/mol. The van der Waals surface area contributed by atoms with Gasteiger partial charge in [-0.1, -0.05) is 28.1 Å². The topological polar surface area (TPSA) is 61.1 Å². The molecule has 2 aliphatic rings. The van der Waals surface area contributed by atoms with Crippen LogP contribution < -0.4 is 5.32 Å². The number of halogens is 1. The summed E-state index contributed by atoms with van der Waals surface area (Å²) in [6.07, 6.45) is 2.66. The van der Waals surface area contributed by atoms with Crippen molar-refractivity contribution < 1.29 is 9.21 Å². The van der Waals surface area contributed by atoms with E-state index in [0.29, 0.717) is 30.8 Å². The van der Waals surface area contributed by atoms with Gasteiger partial charge in [-0.2, -0.15) is 0 Å².